The topological polar surface area (TPSA) is 92.9 Å². The monoisotopic (exact) mass is 160 g/mol. The number of hydrogen-bond donors (Lipinski definition) is 2. The van der Waals surface area contributed by atoms with E-state index < -0.39 is 18.1 Å². The van der Waals surface area contributed by atoms with Gasteiger partial charge in [-0.2, -0.15) is 0 Å². The smallest absolute Gasteiger partial charge is 0.421 e. The van der Waals surface area contributed by atoms with Crippen LogP contribution in [-0.2, 0) is 9.53 Å². The summed E-state index contributed by atoms with van der Waals surface area (Å²) in [4.78, 5) is 20.7. The predicted octanol–water partition coefficient (Wildman–Crippen LogP) is -0.844. The zero-order valence-corrected chi connectivity index (χ0v) is 5.69. The summed E-state index contributed by atoms with van der Waals surface area (Å²) in [7, 11) is 0. The van der Waals surface area contributed by atoms with Gasteiger partial charge in [-0.1, -0.05) is 0 Å². The van der Waals surface area contributed by atoms with Crippen LogP contribution >= 0.6 is 0 Å². The molecule has 1 unspecified atom stereocenters. The molecule has 0 aliphatic carbocycles. The molecule has 1 heterocycles. The van der Waals surface area contributed by atoms with Gasteiger partial charge in [0.05, 0.1) is 12.5 Å². The zero-order chi connectivity index (χ0) is 8.43. The fourth-order valence-electron chi connectivity index (χ4n) is 0.834. The lowest BCUT2D eigenvalue weighted by molar-refractivity contribution is -0.137. The van der Waals surface area contributed by atoms with E-state index in [4.69, 9.17) is 10.9 Å². The zero-order valence-electron chi connectivity index (χ0n) is 5.69. The highest BCUT2D eigenvalue weighted by atomic mass is 16.5. The Bertz CT molecular complexity index is 193. The van der Waals surface area contributed by atoms with Crippen molar-refractivity contribution in [1.29, 1.82) is 0 Å². The van der Waals surface area contributed by atoms with Crippen LogP contribution in [-0.4, -0.2) is 34.8 Å². The molecule has 6 nitrogen and oxygen atoms in total. The molecular formula is C5H8N2O4. The quantitative estimate of drug-likeness (QED) is 0.226. The second kappa shape index (κ2) is 2.75. The predicted molar refractivity (Wildman–Crippen MR) is 33.4 cm³/mol. The van der Waals surface area contributed by atoms with Crippen molar-refractivity contribution in [3.8, 4) is 0 Å². The van der Waals surface area contributed by atoms with Gasteiger partial charge < -0.3 is 9.84 Å². The number of carbonyl (C=O) groups excluding carboxylic acids is 1. The maximum Gasteiger partial charge on any atom is 0.421 e. The van der Waals surface area contributed by atoms with Crippen LogP contribution < -0.4 is 5.84 Å². The Morgan fingerprint density at radius 1 is 1.82 bits per heavy atom. The van der Waals surface area contributed by atoms with Crippen molar-refractivity contribution in [3.63, 3.8) is 0 Å². The Kier molecular flexibility index (Phi) is 1.95. The SMILES string of the molecule is NN(C(=O)O)C1COC(=O)C1. The molecular weight excluding hydrogens is 152 g/mol. The molecule has 3 N–H and O–H groups in total. The molecule has 1 fully saturated rings. The first-order valence-corrected chi connectivity index (χ1v) is 3.03. The molecule has 0 spiro atoms. The number of esters is 1. The van der Waals surface area contributed by atoms with Crippen LogP contribution in [0.4, 0.5) is 4.79 Å². The first kappa shape index (κ1) is 7.80. The molecule has 1 atom stereocenters. The average molecular weight is 160 g/mol. The number of nitrogens with zero attached hydrogens (tertiary/aromatic N) is 1. The summed E-state index contributed by atoms with van der Waals surface area (Å²) in [6.07, 6.45) is -1.21. The van der Waals surface area contributed by atoms with Gasteiger partial charge in [0, 0.05) is 0 Å². The van der Waals surface area contributed by atoms with Gasteiger partial charge in [-0.25, -0.2) is 15.6 Å². The molecule has 1 amide bonds. The number of nitrogens with two attached hydrogens (primary N) is 1. The number of hydrogen-bond acceptors (Lipinski definition) is 4. The second-order valence-corrected chi connectivity index (χ2v) is 2.23. The molecule has 0 saturated carbocycles. The highest BCUT2D eigenvalue weighted by molar-refractivity contribution is 5.74. The molecule has 0 aromatic heterocycles. The van der Waals surface area contributed by atoms with Crippen LogP contribution in [0.1, 0.15) is 6.42 Å². The summed E-state index contributed by atoms with van der Waals surface area (Å²) in [5.41, 5.74) is 0. The molecule has 0 bridgehead atoms. The van der Waals surface area contributed by atoms with Crippen LogP contribution in [0.25, 0.3) is 0 Å². The summed E-state index contributed by atoms with van der Waals surface area (Å²) < 4.78 is 4.51. The maximum atomic E-state index is 10.5. The van der Waals surface area contributed by atoms with Crippen LogP contribution in [0.2, 0.25) is 0 Å². The number of carbonyl (C=O) groups is 2. The molecule has 6 heteroatoms. The van der Waals surface area contributed by atoms with E-state index in [-0.39, 0.29) is 13.0 Å². The summed E-state index contributed by atoms with van der Waals surface area (Å²) in [5, 5.41) is 8.95. The fourth-order valence-corrected chi connectivity index (χ4v) is 0.834. The molecule has 0 aromatic carbocycles. The highest BCUT2D eigenvalue weighted by Crippen LogP contribution is 2.10. The molecule has 1 aliphatic rings. The van der Waals surface area contributed by atoms with Gasteiger partial charge >= 0.3 is 12.1 Å². The van der Waals surface area contributed by atoms with Crippen LogP contribution in [0, 0.1) is 0 Å². The molecule has 11 heavy (non-hydrogen) atoms. The van der Waals surface area contributed by atoms with Gasteiger partial charge in [0.2, 0.25) is 0 Å². The Morgan fingerprint density at radius 2 is 2.45 bits per heavy atom. The minimum atomic E-state index is -1.26. The fraction of sp³-hybridized carbons (Fsp3) is 0.600. The van der Waals surface area contributed by atoms with Crippen LogP contribution in [0.5, 0.6) is 0 Å². The summed E-state index contributed by atoms with van der Waals surface area (Å²) in [6, 6.07) is -0.528. The third kappa shape index (κ3) is 1.58. The summed E-state index contributed by atoms with van der Waals surface area (Å²) >= 11 is 0. The number of amides is 1. The first-order chi connectivity index (χ1) is 5.11. The van der Waals surface area contributed by atoms with Crippen molar-refractivity contribution in [1.82, 2.24) is 5.01 Å². The van der Waals surface area contributed by atoms with Gasteiger partial charge in [0.25, 0.3) is 0 Å². The number of cyclic esters (lactones) is 1. The number of ether oxygens (including phenoxy) is 1. The first-order valence-electron chi connectivity index (χ1n) is 3.03. The molecule has 1 saturated heterocycles. The molecule has 1 aliphatic heterocycles. The van der Waals surface area contributed by atoms with Gasteiger partial charge in [-0.3, -0.25) is 4.79 Å². The normalized spacial score (nSPS) is 23.0. The molecule has 0 aromatic rings. The lowest BCUT2D eigenvalue weighted by Gasteiger charge is -2.16. The largest absolute Gasteiger partial charge is 0.464 e. The van der Waals surface area contributed by atoms with E-state index in [1.54, 1.807) is 0 Å². The Labute approximate surface area is 62.5 Å². The van der Waals surface area contributed by atoms with Crippen molar-refractivity contribution < 1.29 is 19.4 Å². The van der Waals surface area contributed by atoms with Crippen LogP contribution in [0.15, 0.2) is 0 Å². The summed E-state index contributed by atoms with van der Waals surface area (Å²) in [5.74, 6) is 4.68. The highest BCUT2D eigenvalue weighted by Gasteiger charge is 2.30. The van der Waals surface area contributed by atoms with E-state index in [0.717, 1.165) is 0 Å². The van der Waals surface area contributed by atoms with E-state index in [9.17, 15) is 9.59 Å². The standard InChI is InChI=1S/C5H8N2O4/c6-7(5(9)10)3-1-4(8)11-2-3/h3H,1-2,6H2,(H,9,10). The Balaban J connectivity index is 2.49. The van der Waals surface area contributed by atoms with Crippen molar-refractivity contribution in [2.24, 2.45) is 5.84 Å². The van der Waals surface area contributed by atoms with E-state index in [1.807, 2.05) is 0 Å². The average Bonchev–Trinajstić information content (AvgIpc) is 2.34. The molecule has 0 radical (unpaired) electrons. The Hall–Kier alpha value is -1.30. The molecule has 62 valence electrons. The van der Waals surface area contributed by atoms with Crippen molar-refractivity contribution in [2.75, 3.05) is 6.61 Å². The van der Waals surface area contributed by atoms with Crippen LogP contribution in [0.3, 0.4) is 0 Å². The second-order valence-electron chi connectivity index (χ2n) is 2.23. The van der Waals surface area contributed by atoms with Gasteiger partial charge in [0.1, 0.15) is 6.61 Å². The number of carboxylic acid groups (broad SMARTS) is 1. The van der Waals surface area contributed by atoms with Crippen molar-refractivity contribution >= 4 is 12.1 Å². The minimum absolute atomic E-state index is 0.0444. The Morgan fingerprint density at radius 3 is 2.82 bits per heavy atom. The lowest BCUT2D eigenvalue weighted by Crippen LogP contribution is -2.45. The number of hydrazine groups is 1. The van der Waals surface area contributed by atoms with Gasteiger partial charge in [-0.15, -0.1) is 0 Å². The minimum Gasteiger partial charge on any atom is -0.464 e. The number of rotatable bonds is 1. The third-order valence-electron chi connectivity index (χ3n) is 1.45. The van der Waals surface area contributed by atoms with E-state index in [1.165, 1.54) is 0 Å². The van der Waals surface area contributed by atoms with Gasteiger partial charge in [0.15, 0.2) is 0 Å². The lowest BCUT2D eigenvalue weighted by atomic mass is 10.2. The van der Waals surface area contributed by atoms with Gasteiger partial charge in [-0.05, 0) is 0 Å². The van der Waals surface area contributed by atoms with E-state index in [2.05, 4.69) is 4.74 Å². The van der Waals surface area contributed by atoms with E-state index in [0.29, 0.717) is 5.01 Å². The maximum absolute atomic E-state index is 10.5. The third-order valence-corrected chi connectivity index (χ3v) is 1.45. The van der Waals surface area contributed by atoms with Crippen molar-refractivity contribution in [2.45, 2.75) is 12.5 Å². The van der Waals surface area contributed by atoms with Crippen molar-refractivity contribution in [3.05, 3.63) is 0 Å². The molecule has 1 rings (SSSR count). The van der Waals surface area contributed by atoms with E-state index >= 15 is 0 Å². The summed E-state index contributed by atoms with van der Waals surface area (Å²) in [6.45, 7) is 0.0572.